The number of thioether (sulfide) groups is 1. The Morgan fingerprint density at radius 2 is 2.33 bits per heavy atom. The Balaban J connectivity index is 2.29. The van der Waals surface area contributed by atoms with Crippen molar-refractivity contribution in [2.24, 2.45) is 0 Å². The van der Waals surface area contributed by atoms with Crippen LogP contribution >= 0.6 is 11.8 Å². The summed E-state index contributed by atoms with van der Waals surface area (Å²) in [5.74, 6) is 0.850. The zero-order valence-electron chi connectivity index (χ0n) is 7.34. The van der Waals surface area contributed by atoms with E-state index in [1.165, 1.54) is 12.8 Å². The summed E-state index contributed by atoms with van der Waals surface area (Å²) in [4.78, 5) is 11.1. The maximum absolute atomic E-state index is 11.1. The van der Waals surface area contributed by atoms with Crippen LogP contribution in [0.15, 0.2) is 12.2 Å². The van der Waals surface area contributed by atoms with E-state index in [0.717, 1.165) is 12.2 Å². The van der Waals surface area contributed by atoms with Crippen molar-refractivity contribution >= 4 is 17.7 Å². The van der Waals surface area contributed by atoms with Crippen molar-refractivity contribution in [2.75, 3.05) is 5.75 Å². The lowest BCUT2D eigenvalue weighted by molar-refractivity contribution is -0.140. The van der Waals surface area contributed by atoms with E-state index in [9.17, 15) is 4.79 Å². The molecule has 0 saturated carbocycles. The average molecular weight is 186 g/mol. The molecule has 1 rings (SSSR count). The number of hydrogen-bond acceptors (Lipinski definition) is 3. The first-order valence-corrected chi connectivity index (χ1v) is 5.23. The molecule has 1 saturated heterocycles. The van der Waals surface area contributed by atoms with Crippen molar-refractivity contribution in [3.8, 4) is 0 Å². The first-order valence-electron chi connectivity index (χ1n) is 4.18. The molecule has 68 valence electrons. The van der Waals surface area contributed by atoms with Gasteiger partial charge in [0.05, 0.1) is 0 Å². The summed E-state index contributed by atoms with van der Waals surface area (Å²) in [7, 11) is 0. The van der Waals surface area contributed by atoms with Crippen LogP contribution in [0.1, 0.15) is 26.2 Å². The maximum atomic E-state index is 11.1. The second-order valence-corrected chi connectivity index (χ2v) is 4.25. The third kappa shape index (κ3) is 2.89. The van der Waals surface area contributed by atoms with Crippen LogP contribution in [0.2, 0.25) is 0 Å². The molecule has 1 heterocycles. The molecule has 0 amide bonds. The summed E-state index contributed by atoms with van der Waals surface area (Å²) in [5.41, 5.74) is 0.559. The quantitative estimate of drug-likeness (QED) is 0.489. The van der Waals surface area contributed by atoms with Crippen LogP contribution in [-0.4, -0.2) is 17.2 Å². The van der Waals surface area contributed by atoms with Gasteiger partial charge in [-0.05, 0) is 31.9 Å². The minimum Gasteiger partial charge on any atom is -0.448 e. The van der Waals surface area contributed by atoms with Gasteiger partial charge < -0.3 is 4.74 Å². The molecule has 1 atom stereocenters. The van der Waals surface area contributed by atoms with E-state index in [-0.39, 0.29) is 11.4 Å². The summed E-state index contributed by atoms with van der Waals surface area (Å²) in [6, 6.07) is 0. The summed E-state index contributed by atoms with van der Waals surface area (Å²) < 4.78 is 5.18. The lowest BCUT2D eigenvalue weighted by Crippen LogP contribution is -2.18. The third-order valence-electron chi connectivity index (χ3n) is 1.72. The summed E-state index contributed by atoms with van der Waals surface area (Å²) in [6.07, 6.45) is 3.40. The number of carbonyl (C=O) groups excluding carboxylic acids is 1. The molecule has 0 aromatic rings. The molecule has 2 nitrogen and oxygen atoms in total. The van der Waals surface area contributed by atoms with E-state index >= 15 is 0 Å². The van der Waals surface area contributed by atoms with Crippen LogP contribution in [-0.2, 0) is 9.53 Å². The lowest BCUT2D eigenvalue weighted by Gasteiger charge is -2.21. The van der Waals surface area contributed by atoms with E-state index in [4.69, 9.17) is 4.74 Å². The van der Waals surface area contributed by atoms with Gasteiger partial charge in [0.15, 0.2) is 0 Å². The summed E-state index contributed by atoms with van der Waals surface area (Å²) >= 11 is 1.72. The second-order valence-electron chi connectivity index (χ2n) is 2.98. The topological polar surface area (TPSA) is 26.3 Å². The maximum Gasteiger partial charge on any atom is 0.334 e. The molecule has 1 aliphatic rings. The van der Waals surface area contributed by atoms with Crippen LogP contribution < -0.4 is 0 Å². The molecule has 1 unspecified atom stereocenters. The van der Waals surface area contributed by atoms with Crippen molar-refractivity contribution < 1.29 is 9.53 Å². The molecule has 0 aliphatic carbocycles. The van der Waals surface area contributed by atoms with Gasteiger partial charge in [-0.3, -0.25) is 0 Å². The van der Waals surface area contributed by atoms with Gasteiger partial charge in [0.25, 0.3) is 0 Å². The fourth-order valence-corrected chi connectivity index (χ4v) is 2.15. The molecule has 12 heavy (non-hydrogen) atoms. The van der Waals surface area contributed by atoms with Crippen molar-refractivity contribution in [3.63, 3.8) is 0 Å². The molecule has 1 aliphatic heterocycles. The Morgan fingerprint density at radius 1 is 1.58 bits per heavy atom. The standard InChI is InChI=1S/C9H14O2S/c1-7(2)9(10)11-8-5-3-4-6-12-8/h8H,1,3-6H2,2H3. The largest absolute Gasteiger partial charge is 0.448 e. The van der Waals surface area contributed by atoms with Crippen molar-refractivity contribution in [1.29, 1.82) is 0 Å². The Labute approximate surface area is 77.4 Å². The van der Waals surface area contributed by atoms with Gasteiger partial charge in [-0.25, -0.2) is 4.79 Å². The number of hydrogen-bond donors (Lipinski definition) is 0. The third-order valence-corrected chi connectivity index (χ3v) is 2.95. The van der Waals surface area contributed by atoms with Crippen molar-refractivity contribution in [1.82, 2.24) is 0 Å². The fraction of sp³-hybridized carbons (Fsp3) is 0.667. The van der Waals surface area contributed by atoms with Gasteiger partial charge in [0.2, 0.25) is 0 Å². The monoisotopic (exact) mass is 186 g/mol. The lowest BCUT2D eigenvalue weighted by atomic mass is 10.2. The highest BCUT2D eigenvalue weighted by atomic mass is 32.2. The predicted molar refractivity (Wildman–Crippen MR) is 51.0 cm³/mol. The van der Waals surface area contributed by atoms with Crippen molar-refractivity contribution in [2.45, 2.75) is 31.6 Å². The van der Waals surface area contributed by atoms with Gasteiger partial charge in [-0.15, -0.1) is 11.8 Å². The highest BCUT2D eigenvalue weighted by molar-refractivity contribution is 7.99. The zero-order valence-corrected chi connectivity index (χ0v) is 8.15. The number of rotatable bonds is 2. The summed E-state index contributed by atoms with van der Waals surface area (Å²) in [5, 5.41) is 0. The van der Waals surface area contributed by atoms with E-state index in [1.54, 1.807) is 18.7 Å². The number of ether oxygens (including phenoxy) is 1. The smallest absolute Gasteiger partial charge is 0.334 e. The molecular formula is C9H14O2S. The molecular weight excluding hydrogens is 172 g/mol. The van der Waals surface area contributed by atoms with Gasteiger partial charge in [0.1, 0.15) is 5.44 Å². The zero-order chi connectivity index (χ0) is 8.97. The van der Waals surface area contributed by atoms with E-state index in [0.29, 0.717) is 5.57 Å². The predicted octanol–water partition coefficient (Wildman–Crippen LogP) is 2.35. The highest BCUT2D eigenvalue weighted by Crippen LogP contribution is 2.26. The molecule has 0 radical (unpaired) electrons. The minimum absolute atomic E-state index is 0.0722. The number of esters is 1. The van der Waals surface area contributed by atoms with Crippen LogP contribution in [0.5, 0.6) is 0 Å². The Kier molecular flexibility index (Phi) is 3.66. The SMILES string of the molecule is C=C(C)C(=O)OC1CCCCS1. The minimum atomic E-state index is -0.255. The van der Waals surface area contributed by atoms with Gasteiger partial charge in [-0.1, -0.05) is 6.58 Å². The van der Waals surface area contributed by atoms with E-state index < -0.39 is 0 Å². The van der Waals surface area contributed by atoms with Crippen LogP contribution in [0.3, 0.4) is 0 Å². The Morgan fingerprint density at radius 3 is 2.83 bits per heavy atom. The van der Waals surface area contributed by atoms with Gasteiger partial charge in [-0.2, -0.15) is 0 Å². The normalized spacial score (nSPS) is 23.2. The first kappa shape index (κ1) is 9.65. The second kappa shape index (κ2) is 4.55. The Hall–Kier alpha value is -0.440. The van der Waals surface area contributed by atoms with Gasteiger partial charge in [0, 0.05) is 5.57 Å². The molecule has 0 spiro atoms. The van der Waals surface area contributed by atoms with E-state index in [1.807, 2.05) is 0 Å². The van der Waals surface area contributed by atoms with Crippen molar-refractivity contribution in [3.05, 3.63) is 12.2 Å². The van der Waals surface area contributed by atoms with E-state index in [2.05, 4.69) is 6.58 Å². The van der Waals surface area contributed by atoms with Crippen LogP contribution in [0.4, 0.5) is 0 Å². The molecule has 0 aromatic heterocycles. The number of carbonyl (C=O) groups is 1. The molecule has 1 fully saturated rings. The van der Waals surface area contributed by atoms with Gasteiger partial charge >= 0.3 is 5.97 Å². The van der Waals surface area contributed by atoms with Crippen LogP contribution in [0.25, 0.3) is 0 Å². The highest BCUT2D eigenvalue weighted by Gasteiger charge is 2.17. The van der Waals surface area contributed by atoms with Crippen LogP contribution in [0, 0.1) is 0 Å². The Bertz CT molecular complexity index is 183. The molecule has 3 heteroatoms. The molecule has 0 N–H and O–H groups in total. The summed E-state index contributed by atoms with van der Waals surface area (Å²) in [6.45, 7) is 5.21. The fourth-order valence-electron chi connectivity index (χ4n) is 1.02. The first-order chi connectivity index (χ1) is 5.70. The molecule has 0 bridgehead atoms. The molecule has 0 aromatic carbocycles. The average Bonchev–Trinajstić information content (AvgIpc) is 2.06.